The van der Waals surface area contributed by atoms with Gasteiger partial charge in [0.25, 0.3) is 0 Å². The summed E-state index contributed by atoms with van der Waals surface area (Å²) in [7, 11) is 1.98. The predicted molar refractivity (Wildman–Crippen MR) is 110 cm³/mol. The van der Waals surface area contributed by atoms with Gasteiger partial charge in [-0.25, -0.2) is 0 Å². The molecule has 0 aliphatic carbocycles. The first-order chi connectivity index (χ1) is 14.2. The maximum Gasteiger partial charge on any atom is 0.416 e. The highest BCUT2D eigenvalue weighted by Gasteiger charge is 2.32. The van der Waals surface area contributed by atoms with E-state index in [9.17, 15) is 22.8 Å². The maximum absolute atomic E-state index is 13.2. The highest BCUT2D eigenvalue weighted by atomic mass is 19.4. The second-order valence-corrected chi connectivity index (χ2v) is 7.36. The minimum absolute atomic E-state index is 0.0152. The van der Waals surface area contributed by atoms with Gasteiger partial charge in [0.15, 0.2) is 5.78 Å². The minimum atomic E-state index is -4.51. The van der Waals surface area contributed by atoms with Crippen LogP contribution in [0.15, 0.2) is 48.5 Å². The molecular formula is C22H24F3N3O2. The van der Waals surface area contributed by atoms with Crippen LogP contribution in [0.2, 0.25) is 0 Å². The van der Waals surface area contributed by atoms with Crippen LogP contribution in [0.3, 0.4) is 0 Å². The molecule has 3 rings (SSSR count). The molecule has 8 heteroatoms. The lowest BCUT2D eigenvalue weighted by Gasteiger charge is -2.35. The fraction of sp³-hybridized carbons (Fsp3) is 0.364. The second kappa shape index (κ2) is 9.30. The number of Topliss-reactive ketones (excluding diaryl/α,β-unsaturated/α-hetero) is 1. The van der Waals surface area contributed by atoms with E-state index in [1.165, 1.54) is 6.07 Å². The summed E-state index contributed by atoms with van der Waals surface area (Å²) in [5.41, 5.74) is 0.351. The fourth-order valence-corrected chi connectivity index (χ4v) is 3.34. The molecule has 0 saturated carbocycles. The molecule has 1 aliphatic rings. The average molecular weight is 419 g/mol. The molecule has 1 saturated heterocycles. The molecule has 5 nitrogen and oxygen atoms in total. The third-order valence-electron chi connectivity index (χ3n) is 5.12. The van der Waals surface area contributed by atoms with Gasteiger partial charge < -0.3 is 15.1 Å². The number of hydrogen-bond acceptors (Lipinski definition) is 4. The summed E-state index contributed by atoms with van der Waals surface area (Å²) >= 11 is 0. The number of carbonyl (C=O) groups excluding carboxylic acids is 2. The van der Waals surface area contributed by atoms with Crippen molar-refractivity contribution >= 4 is 23.1 Å². The van der Waals surface area contributed by atoms with Crippen molar-refractivity contribution in [3.8, 4) is 0 Å². The molecule has 1 heterocycles. The molecule has 2 aromatic rings. The number of alkyl halides is 3. The Labute approximate surface area is 173 Å². The van der Waals surface area contributed by atoms with Crippen LogP contribution in [-0.4, -0.2) is 49.8 Å². The SMILES string of the molecule is CN1CCN(c2ccc(C(F)(F)F)cc2NC(=O)CCC(=O)c2ccccc2)CC1. The maximum atomic E-state index is 13.2. The fourth-order valence-electron chi connectivity index (χ4n) is 3.34. The quantitative estimate of drug-likeness (QED) is 0.718. The lowest BCUT2D eigenvalue weighted by molar-refractivity contribution is -0.137. The Morgan fingerprint density at radius 3 is 2.27 bits per heavy atom. The Morgan fingerprint density at radius 2 is 1.63 bits per heavy atom. The second-order valence-electron chi connectivity index (χ2n) is 7.36. The molecule has 1 amide bonds. The van der Waals surface area contributed by atoms with Crippen LogP contribution in [0, 0.1) is 0 Å². The molecule has 2 aromatic carbocycles. The van der Waals surface area contributed by atoms with Gasteiger partial charge in [0.05, 0.1) is 16.9 Å². The van der Waals surface area contributed by atoms with Crippen LogP contribution in [0.5, 0.6) is 0 Å². The van der Waals surface area contributed by atoms with Crippen molar-refractivity contribution in [1.82, 2.24) is 4.90 Å². The standard InChI is InChI=1S/C22H24F3N3O2/c1-27-11-13-28(14-12-27)19-8-7-17(22(23,24)25)15-18(19)26-21(30)10-9-20(29)16-5-3-2-4-6-16/h2-8,15H,9-14H2,1H3,(H,26,30). The number of benzene rings is 2. The Bertz CT molecular complexity index is 892. The molecule has 0 unspecified atom stereocenters. The van der Waals surface area contributed by atoms with Crippen LogP contribution in [0.4, 0.5) is 24.5 Å². The van der Waals surface area contributed by atoms with Gasteiger partial charge in [-0.3, -0.25) is 9.59 Å². The number of ketones is 1. The molecule has 0 bridgehead atoms. The van der Waals surface area contributed by atoms with E-state index in [2.05, 4.69) is 10.2 Å². The molecule has 1 fully saturated rings. The number of likely N-dealkylation sites (N-methyl/N-ethyl adjacent to an activating group) is 1. The number of nitrogens with one attached hydrogen (secondary N) is 1. The van der Waals surface area contributed by atoms with Crippen LogP contribution >= 0.6 is 0 Å². The van der Waals surface area contributed by atoms with Gasteiger partial charge in [-0.15, -0.1) is 0 Å². The first-order valence-corrected chi connectivity index (χ1v) is 9.77. The zero-order valence-corrected chi connectivity index (χ0v) is 16.7. The van der Waals surface area contributed by atoms with Crippen molar-refractivity contribution in [3.05, 3.63) is 59.7 Å². The summed E-state index contributed by atoms with van der Waals surface area (Å²) in [6, 6.07) is 12.0. The molecule has 0 aromatic heterocycles. The highest BCUT2D eigenvalue weighted by Crippen LogP contribution is 2.36. The Kier molecular flexibility index (Phi) is 6.77. The van der Waals surface area contributed by atoms with Gasteiger partial charge in [-0.1, -0.05) is 30.3 Å². The first kappa shape index (κ1) is 21.8. The largest absolute Gasteiger partial charge is 0.416 e. The van der Waals surface area contributed by atoms with Crippen LogP contribution < -0.4 is 10.2 Å². The van der Waals surface area contributed by atoms with Crippen LogP contribution in [0.1, 0.15) is 28.8 Å². The summed E-state index contributed by atoms with van der Waals surface area (Å²) in [6.07, 6.45) is -4.63. The topological polar surface area (TPSA) is 52.6 Å². The van der Waals surface area contributed by atoms with Gasteiger partial charge in [-0.2, -0.15) is 13.2 Å². The summed E-state index contributed by atoms with van der Waals surface area (Å²) in [4.78, 5) is 28.7. The molecule has 1 aliphatic heterocycles. The number of nitrogens with zero attached hydrogens (tertiary/aromatic N) is 2. The Hall–Kier alpha value is -2.87. The number of rotatable bonds is 6. The summed E-state index contributed by atoms with van der Waals surface area (Å²) < 4.78 is 39.6. The molecule has 0 spiro atoms. The van der Waals surface area contributed by atoms with E-state index in [0.717, 1.165) is 25.2 Å². The molecule has 30 heavy (non-hydrogen) atoms. The molecule has 160 valence electrons. The van der Waals surface area contributed by atoms with Gasteiger partial charge in [-0.05, 0) is 25.2 Å². The number of amides is 1. The van der Waals surface area contributed by atoms with E-state index in [-0.39, 0.29) is 24.3 Å². The zero-order valence-electron chi connectivity index (χ0n) is 16.7. The highest BCUT2D eigenvalue weighted by molar-refractivity contribution is 6.01. The van der Waals surface area contributed by atoms with Crippen LogP contribution in [0.25, 0.3) is 0 Å². The zero-order chi connectivity index (χ0) is 21.7. The molecule has 0 atom stereocenters. The third-order valence-corrected chi connectivity index (χ3v) is 5.12. The van der Waals surface area contributed by atoms with E-state index < -0.39 is 17.6 Å². The molecule has 0 radical (unpaired) electrons. The summed E-state index contributed by atoms with van der Waals surface area (Å²) in [5, 5.41) is 2.59. The van der Waals surface area contributed by atoms with E-state index in [1.54, 1.807) is 30.3 Å². The lowest BCUT2D eigenvalue weighted by atomic mass is 10.1. The van der Waals surface area contributed by atoms with Crippen molar-refractivity contribution in [2.45, 2.75) is 19.0 Å². The lowest BCUT2D eigenvalue weighted by Crippen LogP contribution is -2.44. The Morgan fingerprint density at radius 1 is 0.967 bits per heavy atom. The van der Waals surface area contributed by atoms with Crippen LogP contribution in [-0.2, 0) is 11.0 Å². The minimum Gasteiger partial charge on any atom is -0.367 e. The number of piperazine rings is 1. The first-order valence-electron chi connectivity index (χ1n) is 9.77. The molecule has 1 N–H and O–H groups in total. The summed E-state index contributed by atoms with van der Waals surface area (Å²) in [6.45, 7) is 2.86. The molecular weight excluding hydrogens is 395 g/mol. The van der Waals surface area contributed by atoms with Crippen molar-refractivity contribution in [2.24, 2.45) is 0 Å². The van der Waals surface area contributed by atoms with Gasteiger partial charge in [0.2, 0.25) is 5.91 Å². The Balaban J connectivity index is 1.73. The number of carbonyl (C=O) groups is 2. The van der Waals surface area contributed by atoms with Crippen molar-refractivity contribution < 1.29 is 22.8 Å². The number of hydrogen-bond donors (Lipinski definition) is 1. The van der Waals surface area contributed by atoms with Gasteiger partial charge >= 0.3 is 6.18 Å². The average Bonchev–Trinajstić information content (AvgIpc) is 2.72. The van der Waals surface area contributed by atoms with E-state index in [1.807, 2.05) is 11.9 Å². The third kappa shape index (κ3) is 5.60. The van der Waals surface area contributed by atoms with E-state index >= 15 is 0 Å². The summed E-state index contributed by atoms with van der Waals surface area (Å²) in [5.74, 6) is -0.678. The van der Waals surface area contributed by atoms with Gasteiger partial charge in [0.1, 0.15) is 0 Å². The van der Waals surface area contributed by atoms with Crippen molar-refractivity contribution in [3.63, 3.8) is 0 Å². The number of anilines is 2. The van der Waals surface area contributed by atoms with Gasteiger partial charge in [0, 0.05) is 44.6 Å². The number of halogens is 3. The predicted octanol–water partition coefficient (Wildman–Crippen LogP) is 4.06. The van der Waals surface area contributed by atoms with E-state index in [0.29, 0.717) is 24.3 Å². The smallest absolute Gasteiger partial charge is 0.367 e. The van der Waals surface area contributed by atoms with Crippen molar-refractivity contribution in [2.75, 3.05) is 43.4 Å². The monoisotopic (exact) mass is 419 g/mol. The van der Waals surface area contributed by atoms with E-state index in [4.69, 9.17) is 0 Å². The normalized spacial score (nSPS) is 15.1. The van der Waals surface area contributed by atoms with Crippen molar-refractivity contribution in [1.29, 1.82) is 0 Å².